The van der Waals surface area contributed by atoms with E-state index in [9.17, 15) is 4.79 Å². The molecule has 0 aromatic heterocycles. The lowest BCUT2D eigenvalue weighted by Gasteiger charge is -2.45. The van der Waals surface area contributed by atoms with Gasteiger partial charge in [0.1, 0.15) is 5.78 Å². The maximum absolute atomic E-state index is 16.4. The summed E-state index contributed by atoms with van der Waals surface area (Å²) in [4.78, 5) is 16.6. The molecule has 0 spiro atoms. The van der Waals surface area contributed by atoms with Crippen molar-refractivity contribution in [3.05, 3.63) is 237 Å². The van der Waals surface area contributed by atoms with Crippen LogP contribution in [0.25, 0.3) is 66.8 Å². The zero-order valence-corrected chi connectivity index (χ0v) is 41.0. The van der Waals surface area contributed by atoms with Gasteiger partial charge in [-0.15, -0.1) is 0 Å². The molecule has 2 bridgehead atoms. The number of hydrogen-bond donors (Lipinski definition) is 0. The fraction of sp³-hybridized carbons (Fsp3) is 0.141. The van der Waals surface area contributed by atoms with Crippen molar-refractivity contribution in [3.8, 4) is 66.8 Å². The van der Waals surface area contributed by atoms with E-state index in [-0.39, 0.29) is 11.7 Å². The van der Waals surface area contributed by atoms with Crippen molar-refractivity contribution in [2.24, 2.45) is 16.7 Å². The van der Waals surface area contributed by atoms with Crippen LogP contribution in [-0.4, -0.2) is 20.0 Å². The number of rotatable bonds is 13. The van der Waals surface area contributed by atoms with Crippen LogP contribution in [0.5, 0.6) is 0 Å². The van der Waals surface area contributed by atoms with Gasteiger partial charge in [0.05, 0.1) is 11.2 Å². The van der Waals surface area contributed by atoms with E-state index in [1.165, 1.54) is 0 Å². The smallest absolute Gasteiger partial charge is 0.278 e. The van der Waals surface area contributed by atoms with Gasteiger partial charge in [-0.3, -0.25) is 4.79 Å². The molecule has 70 heavy (non-hydrogen) atoms. The van der Waals surface area contributed by atoms with Crippen LogP contribution in [0.4, 0.5) is 0 Å². The van der Waals surface area contributed by atoms with Gasteiger partial charge in [-0.2, -0.15) is 8.42 Å². The van der Waals surface area contributed by atoms with Crippen LogP contribution in [0.15, 0.2) is 251 Å². The lowest BCUT2D eigenvalue weighted by molar-refractivity contribution is -0.128. The second-order valence-corrected chi connectivity index (χ2v) is 23.7. The van der Waals surface area contributed by atoms with Gasteiger partial charge >= 0.3 is 0 Å². The predicted molar refractivity (Wildman–Crippen MR) is 288 cm³/mol. The monoisotopic (exact) mass is 950 g/mol. The van der Waals surface area contributed by atoms with Crippen molar-refractivity contribution in [1.29, 1.82) is 0 Å². The number of benzene rings is 9. The van der Waals surface area contributed by atoms with Gasteiger partial charge in [-0.05, 0) is 138 Å². The lowest BCUT2D eigenvalue weighted by atomic mass is 9.70. The molecular weight excluding hydrogens is 897 g/mol. The Balaban J connectivity index is 1.37. The Morgan fingerprint density at radius 3 is 1.06 bits per heavy atom. The fourth-order valence-corrected chi connectivity index (χ4v) is 18.2. The van der Waals surface area contributed by atoms with E-state index < -0.39 is 37.0 Å². The van der Waals surface area contributed by atoms with Crippen LogP contribution in [0, 0.1) is 16.7 Å². The molecule has 2 saturated carbocycles. The largest absolute Gasteiger partial charge is 0.299 e. The van der Waals surface area contributed by atoms with Crippen LogP contribution in [0.2, 0.25) is 0 Å². The highest BCUT2D eigenvalue weighted by molar-refractivity contribution is 8.33. The minimum Gasteiger partial charge on any atom is -0.299 e. The first-order chi connectivity index (χ1) is 34.1. The molecule has 346 valence electrons. The maximum Gasteiger partial charge on any atom is 0.278 e. The molecule has 4 nitrogen and oxygen atoms in total. The van der Waals surface area contributed by atoms with Crippen molar-refractivity contribution < 1.29 is 16.8 Å². The third-order valence-corrected chi connectivity index (χ3v) is 20.6. The number of carbonyl (C=O) groups is 1. The maximum atomic E-state index is 16.4. The van der Waals surface area contributed by atoms with Gasteiger partial charge in [-0.25, -0.2) is 3.63 Å². The van der Waals surface area contributed by atoms with Gasteiger partial charge in [0.15, 0.2) is 0 Å². The SMILES string of the molecule is CC1(C)C2CCC1(CS(=O)(=O)OS(c1ccccc1)(c1c(-c3ccccc3)cc(-c3ccccc3)cc1-c1ccccc1)c1c(-c3ccccc3)cc(-c3ccccc3)cc1-c1ccccc1)C(=O)C2. The highest BCUT2D eigenvalue weighted by atomic mass is 32.3. The summed E-state index contributed by atoms with van der Waals surface area (Å²) in [5.41, 5.74) is 9.40. The fourth-order valence-electron chi connectivity index (χ4n) is 11.4. The Kier molecular flexibility index (Phi) is 11.9. The second kappa shape index (κ2) is 18.3. The highest BCUT2D eigenvalue weighted by Gasteiger charge is 2.66. The normalized spacial score (nSPS) is 17.6. The van der Waals surface area contributed by atoms with E-state index in [1.54, 1.807) is 0 Å². The molecule has 0 heterocycles. The van der Waals surface area contributed by atoms with Crippen molar-refractivity contribution in [3.63, 3.8) is 0 Å². The predicted octanol–water partition coefficient (Wildman–Crippen LogP) is 16.6. The zero-order chi connectivity index (χ0) is 47.9. The third kappa shape index (κ3) is 7.94. The molecule has 2 fully saturated rings. The van der Waals surface area contributed by atoms with E-state index in [0.29, 0.717) is 17.7 Å². The third-order valence-electron chi connectivity index (χ3n) is 15.1. The number of hydrogen-bond acceptors (Lipinski definition) is 4. The summed E-state index contributed by atoms with van der Waals surface area (Å²) < 4.78 is 40.5. The van der Waals surface area contributed by atoms with Crippen LogP contribution in [-0.2, 0) is 18.5 Å². The van der Waals surface area contributed by atoms with Crippen molar-refractivity contribution in [2.45, 2.75) is 47.8 Å². The number of Topliss-reactive ketones (excluding diaryl/α,β-unsaturated/α-hetero) is 1. The first-order valence-corrected chi connectivity index (χ1v) is 27.3. The Hall–Kier alpha value is -7.09. The van der Waals surface area contributed by atoms with Crippen LogP contribution in [0.1, 0.15) is 33.1 Å². The van der Waals surface area contributed by atoms with E-state index in [4.69, 9.17) is 3.63 Å². The molecule has 2 aliphatic rings. The van der Waals surface area contributed by atoms with Crippen molar-refractivity contribution >= 4 is 26.2 Å². The Morgan fingerprint density at radius 2 is 0.757 bits per heavy atom. The Labute approximate surface area is 414 Å². The molecule has 0 N–H and O–H groups in total. The topological polar surface area (TPSA) is 60.4 Å². The minimum atomic E-state index is -4.62. The molecule has 0 aliphatic heterocycles. The number of carbonyl (C=O) groups excluding carboxylic acids is 1. The molecule has 2 aliphatic carbocycles. The molecule has 0 radical (unpaired) electrons. The molecule has 6 heteroatoms. The quantitative estimate of drug-likeness (QED) is 0.116. The van der Waals surface area contributed by atoms with E-state index in [1.807, 2.05) is 140 Å². The standard InChI is InChI=1S/C64H54O4S2/c1-63(2)54-38-39-64(63,60(65)44-54)45-69(66,67)68-70(55-36-22-9-23-37-55,61-56(48-28-14-5-15-29-48)40-52(46-24-10-3-11-25-46)41-57(61)49-30-16-6-17-31-49)62-58(50-32-18-7-19-33-50)42-53(47-26-12-4-13-27-47)43-59(62)51-34-20-8-21-35-51/h3-37,40-43,54H,38-39,44-45H2,1-2H3. The molecule has 0 saturated heterocycles. The van der Waals surface area contributed by atoms with Gasteiger partial charge < -0.3 is 0 Å². The zero-order valence-electron chi connectivity index (χ0n) is 39.4. The Bertz CT molecular complexity index is 3150. The minimum absolute atomic E-state index is 0.0190. The van der Waals surface area contributed by atoms with Crippen LogP contribution in [0.3, 0.4) is 0 Å². The van der Waals surface area contributed by atoms with Crippen LogP contribution >= 0.6 is 10.3 Å². The van der Waals surface area contributed by atoms with Gasteiger partial charge in [0.2, 0.25) is 0 Å². The summed E-state index contributed by atoms with van der Waals surface area (Å²) in [5.74, 6) is -0.289. The summed E-state index contributed by atoms with van der Waals surface area (Å²) >= 11 is 0. The molecule has 11 rings (SSSR count). The average Bonchev–Trinajstić information content (AvgIpc) is 3.76. The molecule has 9 aromatic carbocycles. The van der Waals surface area contributed by atoms with E-state index in [0.717, 1.165) is 83.0 Å². The van der Waals surface area contributed by atoms with E-state index in [2.05, 4.69) is 111 Å². The molecule has 9 aromatic rings. The number of fused-ring (bicyclic) bond motifs is 2. The van der Waals surface area contributed by atoms with Gasteiger partial charge in [-0.1, -0.05) is 214 Å². The first kappa shape index (κ1) is 45.4. The molecule has 2 atom stereocenters. The Morgan fingerprint density at radius 1 is 0.443 bits per heavy atom. The highest BCUT2D eigenvalue weighted by Crippen LogP contribution is 2.77. The molecular formula is C64H54O4S2. The van der Waals surface area contributed by atoms with E-state index >= 15 is 8.42 Å². The summed E-state index contributed by atoms with van der Waals surface area (Å²) in [6.07, 6.45) is 1.69. The average molecular weight is 951 g/mol. The summed E-state index contributed by atoms with van der Waals surface area (Å²) in [6, 6.07) is 80.9. The lowest BCUT2D eigenvalue weighted by Crippen LogP contribution is -2.42. The van der Waals surface area contributed by atoms with Gasteiger partial charge in [0.25, 0.3) is 10.1 Å². The summed E-state index contributed by atoms with van der Waals surface area (Å²) in [6.45, 7) is 4.18. The summed E-state index contributed by atoms with van der Waals surface area (Å²) in [5, 5.41) is 0. The first-order valence-electron chi connectivity index (χ1n) is 24.1. The number of ketones is 1. The molecule has 0 amide bonds. The van der Waals surface area contributed by atoms with Crippen molar-refractivity contribution in [1.82, 2.24) is 0 Å². The molecule has 2 unspecified atom stereocenters. The van der Waals surface area contributed by atoms with Gasteiger partial charge in [0, 0.05) is 21.1 Å². The summed E-state index contributed by atoms with van der Waals surface area (Å²) in [7, 11) is -8.14. The van der Waals surface area contributed by atoms with Crippen molar-refractivity contribution in [2.75, 3.05) is 5.75 Å². The second-order valence-electron chi connectivity index (χ2n) is 19.3. The van der Waals surface area contributed by atoms with Crippen LogP contribution < -0.4 is 0 Å².